The molecule has 2 aliphatic rings. The summed E-state index contributed by atoms with van der Waals surface area (Å²) in [4.78, 5) is 0. The number of benzene rings is 2. The molecule has 2 aromatic rings. The Hall–Kier alpha value is -1.76. The van der Waals surface area contributed by atoms with Crippen LogP contribution in [0.4, 0.5) is 5.69 Å². The van der Waals surface area contributed by atoms with E-state index in [1.165, 1.54) is 48.9 Å². The molecule has 1 unspecified atom stereocenters. The van der Waals surface area contributed by atoms with Gasteiger partial charge in [0.25, 0.3) is 0 Å². The molecule has 0 aromatic heterocycles. The van der Waals surface area contributed by atoms with Gasteiger partial charge in [-0.05, 0) is 54.4 Å². The van der Waals surface area contributed by atoms with E-state index >= 15 is 0 Å². The van der Waals surface area contributed by atoms with Crippen LogP contribution in [0.3, 0.4) is 0 Å². The van der Waals surface area contributed by atoms with Crippen LogP contribution in [0.2, 0.25) is 0 Å². The SMILES string of the molecule is c1cc(C2CCC2)cc(C2CCc3ccccc3N2)c1. The first-order valence-corrected chi connectivity index (χ1v) is 7.84. The van der Waals surface area contributed by atoms with Crippen molar-refractivity contribution >= 4 is 5.69 Å². The largest absolute Gasteiger partial charge is 0.378 e. The van der Waals surface area contributed by atoms with Crippen LogP contribution in [0.1, 0.15) is 54.3 Å². The van der Waals surface area contributed by atoms with Gasteiger partial charge in [0.2, 0.25) is 0 Å². The standard InChI is InChI=1S/C19H21N/c1-2-10-18-15(5-1)11-12-19(20-18)17-9-4-8-16(13-17)14-6-3-7-14/h1-2,4-5,8-10,13-14,19-20H,3,6-7,11-12H2. The molecule has 4 rings (SSSR count). The average Bonchev–Trinajstić information content (AvgIpc) is 2.45. The number of hydrogen-bond donors (Lipinski definition) is 1. The zero-order valence-corrected chi connectivity index (χ0v) is 11.8. The fourth-order valence-electron chi connectivity index (χ4n) is 3.46. The van der Waals surface area contributed by atoms with E-state index < -0.39 is 0 Å². The lowest BCUT2D eigenvalue weighted by atomic mass is 9.79. The van der Waals surface area contributed by atoms with Gasteiger partial charge in [-0.3, -0.25) is 0 Å². The number of nitrogens with one attached hydrogen (secondary N) is 1. The summed E-state index contributed by atoms with van der Waals surface area (Å²) in [5, 5.41) is 3.72. The van der Waals surface area contributed by atoms with Crippen molar-refractivity contribution in [1.29, 1.82) is 0 Å². The lowest BCUT2D eigenvalue weighted by molar-refractivity contribution is 0.419. The molecule has 1 aliphatic heterocycles. The maximum absolute atomic E-state index is 3.72. The summed E-state index contributed by atoms with van der Waals surface area (Å²) < 4.78 is 0. The van der Waals surface area contributed by atoms with Gasteiger partial charge < -0.3 is 5.32 Å². The molecule has 1 heterocycles. The van der Waals surface area contributed by atoms with Gasteiger partial charge in [0.15, 0.2) is 0 Å². The summed E-state index contributed by atoms with van der Waals surface area (Å²) in [5.41, 5.74) is 5.79. The molecule has 1 N–H and O–H groups in total. The summed E-state index contributed by atoms with van der Waals surface area (Å²) in [6.07, 6.45) is 6.55. The predicted octanol–water partition coefficient (Wildman–Crippen LogP) is 5.05. The molecule has 20 heavy (non-hydrogen) atoms. The highest BCUT2D eigenvalue weighted by atomic mass is 14.9. The van der Waals surface area contributed by atoms with Crippen LogP contribution in [-0.2, 0) is 6.42 Å². The van der Waals surface area contributed by atoms with Crippen molar-refractivity contribution in [3.05, 3.63) is 65.2 Å². The average molecular weight is 263 g/mol. The second-order valence-corrected chi connectivity index (χ2v) is 6.19. The smallest absolute Gasteiger partial charge is 0.0517 e. The lowest BCUT2D eigenvalue weighted by Crippen LogP contribution is -2.18. The first kappa shape index (κ1) is 12.0. The molecule has 1 saturated carbocycles. The third-order valence-electron chi connectivity index (χ3n) is 4.94. The fourth-order valence-corrected chi connectivity index (χ4v) is 3.46. The summed E-state index contributed by atoms with van der Waals surface area (Å²) >= 11 is 0. The van der Waals surface area contributed by atoms with Crippen molar-refractivity contribution in [3.8, 4) is 0 Å². The van der Waals surface area contributed by atoms with E-state index in [4.69, 9.17) is 0 Å². The third-order valence-corrected chi connectivity index (χ3v) is 4.94. The van der Waals surface area contributed by atoms with Gasteiger partial charge in [-0.2, -0.15) is 0 Å². The Morgan fingerprint density at radius 3 is 2.55 bits per heavy atom. The second-order valence-electron chi connectivity index (χ2n) is 6.19. The number of aryl methyl sites for hydroxylation is 1. The summed E-state index contributed by atoms with van der Waals surface area (Å²) in [7, 11) is 0. The Morgan fingerprint density at radius 1 is 0.850 bits per heavy atom. The Bertz CT molecular complexity index is 613. The van der Waals surface area contributed by atoms with Gasteiger partial charge >= 0.3 is 0 Å². The number of anilines is 1. The molecular formula is C19H21N. The molecule has 1 aliphatic carbocycles. The molecule has 2 aromatic carbocycles. The van der Waals surface area contributed by atoms with E-state index in [0.29, 0.717) is 6.04 Å². The Labute approximate surface area is 121 Å². The van der Waals surface area contributed by atoms with Crippen LogP contribution in [-0.4, -0.2) is 0 Å². The van der Waals surface area contributed by atoms with E-state index in [0.717, 1.165) is 5.92 Å². The van der Waals surface area contributed by atoms with Crippen molar-refractivity contribution in [2.45, 2.75) is 44.1 Å². The Kier molecular flexibility index (Phi) is 2.99. The lowest BCUT2D eigenvalue weighted by Gasteiger charge is -2.30. The number of fused-ring (bicyclic) bond motifs is 1. The Balaban J connectivity index is 1.59. The van der Waals surface area contributed by atoms with E-state index in [9.17, 15) is 0 Å². The molecule has 0 amide bonds. The maximum Gasteiger partial charge on any atom is 0.0517 e. The normalized spacial score (nSPS) is 21.7. The highest BCUT2D eigenvalue weighted by Crippen LogP contribution is 2.38. The van der Waals surface area contributed by atoms with Crippen LogP contribution in [0.5, 0.6) is 0 Å². The minimum absolute atomic E-state index is 0.477. The highest BCUT2D eigenvalue weighted by Gasteiger charge is 2.22. The minimum atomic E-state index is 0.477. The first-order valence-electron chi connectivity index (χ1n) is 7.84. The molecule has 1 fully saturated rings. The minimum Gasteiger partial charge on any atom is -0.378 e. The molecule has 0 bridgehead atoms. The van der Waals surface area contributed by atoms with Gasteiger partial charge in [0, 0.05) is 5.69 Å². The molecule has 1 atom stereocenters. The van der Waals surface area contributed by atoms with Crippen LogP contribution >= 0.6 is 0 Å². The summed E-state index contributed by atoms with van der Waals surface area (Å²) in [6.45, 7) is 0. The third kappa shape index (κ3) is 2.11. The second kappa shape index (κ2) is 4.97. The molecule has 1 nitrogen and oxygen atoms in total. The van der Waals surface area contributed by atoms with Crippen LogP contribution < -0.4 is 5.32 Å². The van der Waals surface area contributed by atoms with Crippen molar-refractivity contribution in [2.24, 2.45) is 0 Å². The van der Waals surface area contributed by atoms with Crippen molar-refractivity contribution in [2.75, 3.05) is 5.32 Å². The van der Waals surface area contributed by atoms with Crippen LogP contribution in [0, 0.1) is 0 Å². The van der Waals surface area contributed by atoms with Crippen molar-refractivity contribution < 1.29 is 0 Å². The molecule has 0 spiro atoms. The topological polar surface area (TPSA) is 12.0 Å². The first-order chi connectivity index (χ1) is 9.90. The predicted molar refractivity (Wildman–Crippen MR) is 84.2 cm³/mol. The van der Waals surface area contributed by atoms with E-state index in [1.807, 2.05) is 0 Å². The van der Waals surface area contributed by atoms with Crippen molar-refractivity contribution in [1.82, 2.24) is 0 Å². The zero-order valence-electron chi connectivity index (χ0n) is 11.8. The quantitative estimate of drug-likeness (QED) is 0.799. The number of hydrogen-bond acceptors (Lipinski definition) is 1. The number of rotatable bonds is 2. The summed E-state index contributed by atoms with van der Waals surface area (Å²) in [6, 6.07) is 18.5. The van der Waals surface area contributed by atoms with Crippen LogP contribution in [0.15, 0.2) is 48.5 Å². The monoisotopic (exact) mass is 263 g/mol. The zero-order chi connectivity index (χ0) is 13.4. The summed E-state index contributed by atoms with van der Waals surface area (Å²) in [5.74, 6) is 0.825. The molecule has 0 radical (unpaired) electrons. The van der Waals surface area contributed by atoms with Gasteiger partial charge in [-0.1, -0.05) is 48.9 Å². The van der Waals surface area contributed by atoms with Gasteiger partial charge in [0.1, 0.15) is 0 Å². The molecule has 102 valence electrons. The molecule has 0 saturated heterocycles. The molecule has 1 heteroatoms. The Morgan fingerprint density at radius 2 is 1.70 bits per heavy atom. The number of para-hydroxylation sites is 1. The fraction of sp³-hybridized carbons (Fsp3) is 0.368. The van der Waals surface area contributed by atoms with Crippen LogP contribution in [0.25, 0.3) is 0 Å². The van der Waals surface area contributed by atoms with E-state index in [2.05, 4.69) is 53.8 Å². The maximum atomic E-state index is 3.72. The van der Waals surface area contributed by atoms with Gasteiger partial charge in [0.05, 0.1) is 6.04 Å². The van der Waals surface area contributed by atoms with Gasteiger partial charge in [-0.25, -0.2) is 0 Å². The van der Waals surface area contributed by atoms with Crippen molar-refractivity contribution in [3.63, 3.8) is 0 Å². The van der Waals surface area contributed by atoms with E-state index in [1.54, 1.807) is 5.56 Å². The van der Waals surface area contributed by atoms with E-state index in [-0.39, 0.29) is 0 Å². The highest BCUT2D eigenvalue weighted by molar-refractivity contribution is 5.55. The molecular weight excluding hydrogens is 242 g/mol. The van der Waals surface area contributed by atoms with Gasteiger partial charge in [-0.15, -0.1) is 0 Å².